The van der Waals surface area contributed by atoms with E-state index in [1.807, 2.05) is 42.5 Å². The number of ketones is 1. The lowest BCUT2D eigenvalue weighted by Gasteiger charge is -2.07. The Hall–Kier alpha value is -2.75. The van der Waals surface area contributed by atoms with Gasteiger partial charge in [0, 0.05) is 16.1 Å². The van der Waals surface area contributed by atoms with E-state index < -0.39 is 0 Å². The van der Waals surface area contributed by atoms with Gasteiger partial charge in [-0.2, -0.15) is 0 Å². The summed E-state index contributed by atoms with van der Waals surface area (Å²) in [6.45, 7) is 0.371. The van der Waals surface area contributed by atoms with E-state index in [1.54, 1.807) is 30.3 Å². The van der Waals surface area contributed by atoms with E-state index in [2.05, 4.69) is 0 Å². The molecule has 0 radical (unpaired) electrons. The van der Waals surface area contributed by atoms with Crippen molar-refractivity contribution in [2.24, 2.45) is 0 Å². The Kier molecular flexibility index (Phi) is 4.88. The van der Waals surface area contributed by atoms with Crippen LogP contribution in [0.5, 0.6) is 11.5 Å². The molecule has 0 unspecified atom stereocenters. The van der Waals surface area contributed by atoms with Gasteiger partial charge in [0.2, 0.25) is 5.78 Å². The Bertz CT molecular complexity index is 1060. The average Bonchev–Trinajstić information content (AvgIpc) is 2.97. The predicted octanol–water partition coefficient (Wildman–Crippen LogP) is 6.19. The third-order valence-electron chi connectivity index (χ3n) is 4.13. The molecule has 3 aromatic carbocycles. The molecule has 27 heavy (non-hydrogen) atoms. The number of benzene rings is 3. The fraction of sp³-hybridized carbons (Fsp3) is 0.0455. The molecule has 0 amide bonds. The maximum absolute atomic E-state index is 12.5. The molecule has 1 aliphatic heterocycles. The van der Waals surface area contributed by atoms with Gasteiger partial charge >= 0.3 is 0 Å². The molecule has 0 N–H and O–H groups in total. The van der Waals surface area contributed by atoms with Gasteiger partial charge in [-0.1, -0.05) is 53.5 Å². The van der Waals surface area contributed by atoms with E-state index in [0.29, 0.717) is 33.7 Å². The summed E-state index contributed by atoms with van der Waals surface area (Å²) in [7, 11) is 0. The number of carbonyl (C=O) groups is 1. The van der Waals surface area contributed by atoms with Gasteiger partial charge in [0.25, 0.3) is 0 Å². The maximum Gasteiger partial charge on any atom is 0.231 e. The van der Waals surface area contributed by atoms with Crippen molar-refractivity contribution in [1.29, 1.82) is 0 Å². The summed E-state index contributed by atoms with van der Waals surface area (Å²) in [5.74, 6) is 1.15. The third kappa shape index (κ3) is 3.85. The lowest BCUT2D eigenvalue weighted by Crippen LogP contribution is -1.98. The topological polar surface area (TPSA) is 35.5 Å². The number of rotatable bonds is 4. The van der Waals surface area contributed by atoms with Crippen molar-refractivity contribution < 1.29 is 14.3 Å². The zero-order valence-electron chi connectivity index (χ0n) is 14.1. The molecule has 0 aromatic heterocycles. The molecule has 4 rings (SSSR count). The number of carbonyl (C=O) groups excluding carboxylic acids is 1. The number of hydrogen-bond acceptors (Lipinski definition) is 3. The Balaban J connectivity index is 1.53. The molecule has 0 bridgehead atoms. The van der Waals surface area contributed by atoms with Crippen molar-refractivity contribution in [1.82, 2.24) is 0 Å². The van der Waals surface area contributed by atoms with Gasteiger partial charge in [0.05, 0.1) is 5.56 Å². The second kappa shape index (κ2) is 7.47. The minimum absolute atomic E-state index is 0.175. The van der Waals surface area contributed by atoms with Gasteiger partial charge in [0.15, 0.2) is 5.76 Å². The van der Waals surface area contributed by atoms with Gasteiger partial charge in [-0.05, 0) is 47.5 Å². The highest BCUT2D eigenvalue weighted by Crippen LogP contribution is 2.35. The van der Waals surface area contributed by atoms with Crippen LogP contribution in [-0.2, 0) is 6.61 Å². The van der Waals surface area contributed by atoms with Crippen LogP contribution in [0.15, 0.2) is 72.5 Å². The minimum atomic E-state index is -0.175. The number of halogens is 2. The molecule has 0 fully saturated rings. The standard InChI is InChI=1S/C22H14Cl2O3/c23-16-6-3-4-14(10-16)13-26-17-8-9-18-20(12-17)27-21(22(18)25)11-15-5-1-2-7-19(15)24/h1-12H,13H2/b21-11-. The van der Waals surface area contributed by atoms with Crippen molar-refractivity contribution >= 4 is 35.1 Å². The molecule has 5 heteroatoms. The van der Waals surface area contributed by atoms with E-state index in [9.17, 15) is 4.79 Å². The van der Waals surface area contributed by atoms with Crippen molar-refractivity contribution in [3.05, 3.63) is 99.2 Å². The zero-order valence-corrected chi connectivity index (χ0v) is 15.6. The van der Waals surface area contributed by atoms with Crippen molar-refractivity contribution in [2.75, 3.05) is 0 Å². The Labute approximate surface area is 166 Å². The van der Waals surface area contributed by atoms with Gasteiger partial charge in [0.1, 0.15) is 18.1 Å². The number of Topliss-reactive ketones (excluding diaryl/α,β-unsaturated/α-hetero) is 1. The molecule has 0 atom stereocenters. The van der Waals surface area contributed by atoms with Crippen LogP contribution >= 0.6 is 23.2 Å². The highest BCUT2D eigenvalue weighted by molar-refractivity contribution is 6.32. The molecule has 0 saturated carbocycles. The highest BCUT2D eigenvalue weighted by Gasteiger charge is 2.27. The predicted molar refractivity (Wildman–Crippen MR) is 107 cm³/mol. The number of allylic oxidation sites excluding steroid dienone is 1. The summed E-state index contributed by atoms with van der Waals surface area (Å²) in [5, 5.41) is 1.22. The maximum atomic E-state index is 12.5. The second-order valence-corrected chi connectivity index (χ2v) is 6.88. The summed E-state index contributed by atoms with van der Waals surface area (Å²) in [5.41, 5.74) is 2.19. The van der Waals surface area contributed by atoms with Crippen LogP contribution in [0.2, 0.25) is 10.0 Å². The van der Waals surface area contributed by atoms with Crippen LogP contribution in [0.3, 0.4) is 0 Å². The van der Waals surface area contributed by atoms with Gasteiger partial charge in [-0.25, -0.2) is 0 Å². The first-order chi connectivity index (χ1) is 13.1. The van der Waals surface area contributed by atoms with E-state index in [0.717, 1.165) is 11.1 Å². The van der Waals surface area contributed by atoms with E-state index in [4.69, 9.17) is 32.7 Å². The highest BCUT2D eigenvalue weighted by atomic mass is 35.5. The molecule has 134 valence electrons. The van der Waals surface area contributed by atoms with Crippen molar-refractivity contribution in [2.45, 2.75) is 6.61 Å². The monoisotopic (exact) mass is 396 g/mol. The fourth-order valence-electron chi connectivity index (χ4n) is 2.78. The van der Waals surface area contributed by atoms with Gasteiger partial charge in [-0.15, -0.1) is 0 Å². The first-order valence-electron chi connectivity index (χ1n) is 8.30. The first kappa shape index (κ1) is 17.7. The lowest BCUT2D eigenvalue weighted by atomic mass is 10.1. The minimum Gasteiger partial charge on any atom is -0.489 e. The largest absolute Gasteiger partial charge is 0.489 e. The van der Waals surface area contributed by atoms with Crippen molar-refractivity contribution in [3.8, 4) is 11.5 Å². The lowest BCUT2D eigenvalue weighted by molar-refractivity contribution is 0.101. The number of hydrogen-bond donors (Lipinski definition) is 0. The van der Waals surface area contributed by atoms with Crippen LogP contribution in [-0.4, -0.2) is 5.78 Å². The smallest absolute Gasteiger partial charge is 0.231 e. The SMILES string of the molecule is O=C1/C(=C/c2ccccc2Cl)Oc2cc(OCc3cccc(Cl)c3)ccc21. The average molecular weight is 397 g/mol. The summed E-state index contributed by atoms with van der Waals surface area (Å²) < 4.78 is 11.5. The molecule has 1 aliphatic rings. The fourth-order valence-corrected chi connectivity index (χ4v) is 3.19. The first-order valence-corrected chi connectivity index (χ1v) is 9.06. The van der Waals surface area contributed by atoms with Crippen molar-refractivity contribution in [3.63, 3.8) is 0 Å². The molecule has 0 aliphatic carbocycles. The molecular weight excluding hydrogens is 383 g/mol. The molecule has 1 heterocycles. The van der Waals surface area contributed by atoms with Crippen LogP contribution in [0.1, 0.15) is 21.5 Å². The van der Waals surface area contributed by atoms with Crippen LogP contribution in [0.25, 0.3) is 6.08 Å². The summed E-state index contributed by atoms with van der Waals surface area (Å²) in [6.07, 6.45) is 1.65. The third-order valence-corrected chi connectivity index (χ3v) is 4.71. The van der Waals surface area contributed by atoms with Gasteiger partial charge in [-0.3, -0.25) is 4.79 Å². The van der Waals surface area contributed by atoms with E-state index >= 15 is 0 Å². The zero-order chi connectivity index (χ0) is 18.8. The van der Waals surface area contributed by atoms with Crippen LogP contribution < -0.4 is 9.47 Å². The number of ether oxygens (including phenoxy) is 2. The quantitative estimate of drug-likeness (QED) is 0.493. The molecule has 3 aromatic rings. The van der Waals surface area contributed by atoms with E-state index in [-0.39, 0.29) is 11.5 Å². The molecule has 0 spiro atoms. The Morgan fingerprint density at radius 1 is 0.963 bits per heavy atom. The molecule has 0 saturated heterocycles. The Morgan fingerprint density at radius 3 is 2.63 bits per heavy atom. The summed E-state index contributed by atoms with van der Waals surface area (Å²) in [4.78, 5) is 12.5. The van der Waals surface area contributed by atoms with Gasteiger partial charge < -0.3 is 9.47 Å². The summed E-state index contributed by atoms with van der Waals surface area (Å²) >= 11 is 12.1. The normalized spacial score (nSPS) is 14.1. The Morgan fingerprint density at radius 2 is 1.81 bits per heavy atom. The second-order valence-electron chi connectivity index (χ2n) is 6.04. The van der Waals surface area contributed by atoms with Crippen LogP contribution in [0, 0.1) is 0 Å². The van der Waals surface area contributed by atoms with E-state index in [1.165, 1.54) is 0 Å². The van der Waals surface area contributed by atoms with Crippen LogP contribution in [0.4, 0.5) is 0 Å². The molecular formula is C22H14Cl2O3. The number of fused-ring (bicyclic) bond motifs is 1. The molecule has 3 nitrogen and oxygen atoms in total. The summed E-state index contributed by atoms with van der Waals surface area (Å²) in [6, 6.07) is 19.9.